The van der Waals surface area contributed by atoms with Crippen LogP contribution >= 0.6 is 0 Å². The molecule has 6 heteroatoms. The average Bonchev–Trinajstić information content (AvgIpc) is 3.45. The minimum absolute atomic E-state index is 0.103. The fourth-order valence-electron chi connectivity index (χ4n) is 8.58. The molecule has 0 aromatic heterocycles. The molecule has 0 heterocycles. The predicted octanol–water partition coefficient (Wildman–Crippen LogP) is 22.3. The maximum atomic E-state index is 12.9. The number of rotatable bonds is 57. The molecule has 0 rings (SSSR count). The number of allylic oxidation sites excluding steroid dienone is 24. The molecule has 79 heavy (non-hydrogen) atoms. The lowest BCUT2D eigenvalue weighted by Gasteiger charge is -2.18. The molecular formula is C73H118O6. The second-order valence-corrected chi connectivity index (χ2v) is 20.9. The van der Waals surface area contributed by atoms with Gasteiger partial charge >= 0.3 is 17.9 Å². The molecule has 0 aromatic rings. The maximum absolute atomic E-state index is 12.9. The first-order valence-corrected chi connectivity index (χ1v) is 32.3. The van der Waals surface area contributed by atoms with Crippen LogP contribution in [-0.2, 0) is 28.6 Å². The Kier molecular flexibility index (Phi) is 61.9. The molecule has 1 atom stereocenters. The van der Waals surface area contributed by atoms with E-state index >= 15 is 0 Å². The van der Waals surface area contributed by atoms with Gasteiger partial charge in [-0.05, 0) is 116 Å². The first-order chi connectivity index (χ1) is 39.0. The normalized spacial score (nSPS) is 13.1. The van der Waals surface area contributed by atoms with Gasteiger partial charge in [-0.3, -0.25) is 14.4 Å². The summed E-state index contributed by atoms with van der Waals surface area (Å²) < 4.78 is 16.9. The Morgan fingerprint density at radius 2 is 0.506 bits per heavy atom. The molecule has 1 unspecified atom stereocenters. The average molecular weight is 1090 g/mol. The fraction of sp³-hybridized carbons (Fsp3) is 0.630. The van der Waals surface area contributed by atoms with E-state index in [4.69, 9.17) is 14.2 Å². The molecule has 6 nitrogen and oxygen atoms in total. The monoisotopic (exact) mass is 1090 g/mol. The van der Waals surface area contributed by atoms with Crippen molar-refractivity contribution in [3.05, 3.63) is 146 Å². The fourth-order valence-corrected chi connectivity index (χ4v) is 8.58. The molecule has 0 amide bonds. The van der Waals surface area contributed by atoms with Crippen molar-refractivity contribution < 1.29 is 28.6 Å². The third kappa shape index (κ3) is 64.0. The molecule has 0 bridgehead atoms. The molecular weight excluding hydrogens is 973 g/mol. The van der Waals surface area contributed by atoms with Gasteiger partial charge < -0.3 is 14.2 Å². The molecule has 0 spiro atoms. The summed E-state index contributed by atoms with van der Waals surface area (Å²) in [5, 5.41) is 0. The number of unbranched alkanes of at least 4 members (excludes halogenated alkanes) is 22. The second-order valence-electron chi connectivity index (χ2n) is 20.9. The Balaban J connectivity index is 4.47. The molecule has 0 aliphatic heterocycles. The van der Waals surface area contributed by atoms with Gasteiger partial charge in [0.15, 0.2) is 6.10 Å². The highest BCUT2D eigenvalue weighted by atomic mass is 16.6. The zero-order chi connectivity index (χ0) is 57.1. The Bertz CT molecular complexity index is 1730. The second kappa shape index (κ2) is 65.8. The lowest BCUT2D eigenvalue weighted by Crippen LogP contribution is -2.30. The van der Waals surface area contributed by atoms with Crippen LogP contribution in [0, 0.1) is 0 Å². The topological polar surface area (TPSA) is 78.9 Å². The van der Waals surface area contributed by atoms with Gasteiger partial charge in [0.1, 0.15) is 13.2 Å². The Morgan fingerprint density at radius 1 is 0.266 bits per heavy atom. The molecule has 0 saturated carbocycles. The summed E-state index contributed by atoms with van der Waals surface area (Å²) in [5.74, 6) is -0.973. The first kappa shape index (κ1) is 74.3. The van der Waals surface area contributed by atoms with Gasteiger partial charge in [0.2, 0.25) is 0 Å². The van der Waals surface area contributed by atoms with Crippen molar-refractivity contribution in [2.45, 2.75) is 284 Å². The molecule has 0 radical (unpaired) electrons. The summed E-state index contributed by atoms with van der Waals surface area (Å²) in [7, 11) is 0. The minimum Gasteiger partial charge on any atom is -0.462 e. The van der Waals surface area contributed by atoms with E-state index in [9.17, 15) is 14.4 Å². The molecule has 0 saturated heterocycles. The number of hydrogen-bond acceptors (Lipinski definition) is 6. The lowest BCUT2D eigenvalue weighted by molar-refractivity contribution is -0.167. The highest BCUT2D eigenvalue weighted by Crippen LogP contribution is 2.15. The van der Waals surface area contributed by atoms with Crippen molar-refractivity contribution in [2.75, 3.05) is 13.2 Å². The molecule has 0 aliphatic rings. The highest BCUT2D eigenvalue weighted by Gasteiger charge is 2.19. The number of carbonyl (C=O) groups is 3. The smallest absolute Gasteiger partial charge is 0.306 e. The number of carbonyl (C=O) groups excluding carboxylic acids is 3. The van der Waals surface area contributed by atoms with E-state index < -0.39 is 6.10 Å². The largest absolute Gasteiger partial charge is 0.462 e. The van der Waals surface area contributed by atoms with E-state index in [1.165, 1.54) is 103 Å². The SMILES string of the molecule is CC/C=C\C/C=C\C/C=C\C/C=C\C/C=C\C/C=C\C/C=C\C/C=C\C/C=C\CCCC(=O)OCC(COC(=O)CCCCCCCCCCCCCCCCC)OC(=O)CCCCCCCCC/C=C\C/C=C\C/C=C\CC. The third-order valence-corrected chi connectivity index (χ3v) is 13.3. The summed E-state index contributed by atoms with van der Waals surface area (Å²) in [6.07, 6.45) is 94.3. The highest BCUT2D eigenvalue weighted by molar-refractivity contribution is 5.71. The van der Waals surface area contributed by atoms with Crippen molar-refractivity contribution >= 4 is 17.9 Å². The van der Waals surface area contributed by atoms with Crippen molar-refractivity contribution in [1.29, 1.82) is 0 Å². The lowest BCUT2D eigenvalue weighted by atomic mass is 10.0. The van der Waals surface area contributed by atoms with Gasteiger partial charge in [-0.25, -0.2) is 0 Å². The van der Waals surface area contributed by atoms with Crippen molar-refractivity contribution in [3.63, 3.8) is 0 Å². The number of ether oxygens (including phenoxy) is 3. The first-order valence-electron chi connectivity index (χ1n) is 32.3. The zero-order valence-electron chi connectivity index (χ0n) is 51.1. The van der Waals surface area contributed by atoms with E-state index in [-0.39, 0.29) is 37.5 Å². The van der Waals surface area contributed by atoms with Crippen LogP contribution < -0.4 is 0 Å². The predicted molar refractivity (Wildman–Crippen MR) is 343 cm³/mol. The van der Waals surface area contributed by atoms with Gasteiger partial charge in [0.25, 0.3) is 0 Å². The van der Waals surface area contributed by atoms with Crippen LogP contribution in [0.2, 0.25) is 0 Å². The molecule has 0 aliphatic carbocycles. The zero-order valence-corrected chi connectivity index (χ0v) is 51.1. The van der Waals surface area contributed by atoms with E-state index in [0.29, 0.717) is 19.3 Å². The quantitative estimate of drug-likeness (QED) is 0.0261. The minimum atomic E-state index is -0.812. The maximum Gasteiger partial charge on any atom is 0.306 e. The molecule has 0 N–H and O–H groups in total. The van der Waals surface area contributed by atoms with E-state index in [0.717, 1.165) is 128 Å². The molecule has 0 aromatic carbocycles. The summed E-state index contributed by atoms with van der Waals surface area (Å²) in [5.41, 5.74) is 0. The van der Waals surface area contributed by atoms with Gasteiger partial charge in [-0.15, -0.1) is 0 Å². The van der Waals surface area contributed by atoms with E-state index in [2.05, 4.69) is 167 Å². The molecule has 446 valence electrons. The molecule has 0 fully saturated rings. The van der Waals surface area contributed by atoms with Gasteiger partial charge in [-0.1, -0.05) is 289 Å². The van der Waals surface area contributed by atoms with Gasteiger partial charge in [0, 0.05) is 19.3 Å². The number of esters is 3. The van der Waals surface area contributed by atoms with Crippen LogP contribution in [0.1, 0.15) is 278 Å². The van der Waals surface area contributed by atoms with E-state index in [1.807, 2.05) is 0 Å². The third-order valence-electron chi connectivity index (χ3n) is 13.3. The Hall–Kier alpha value is -4.71. The van der Waals surface area contributed by atoms with Crippen LogP contribution in [0.25, 0.3) is 0 Å². The van der Waals surface area contributed by atoms with Crippen LogP contribution in [0.15, 0.2) is 146 Å². The summed E-state index contributed by atoms with van der Waals surface area (Å²) in [4.78, 5) is 38.3. The van der Waals surface area contributed by atoms with Crippen molar-refractivity contribution in [1.82, 2.24) is 0 Å². The van der Waals surface area contributed by atoms with Gasteiger partial charge in [-0.2, -0.15) is 0 Å². The summed E-state index contributed by atoms with van der Waals surface area (Å²) in [6.45, 7) is 6.37. The Morgan fingerprint density at radius 3 is 0.823 bits per heavy atom. The number of hydrogen-bond donors (Lipinski definition) is 0. The van der Waals surface area contributed by atoms with Gasteiger partial charge in [0.05, 0.1) is 0 Å². The van der Waals surface area contributed by atoms with Crippen LogP contribution in [0.5, 0.6) is 0 Å². The van der Waals surface area contributed by atoms with Crippen LogP contribution in [0.3, 0.4) is 0 Å². The summed E-state index contributed by atoms with van der Waals surface area (Å²) in [6, 6.07) is 0. The summed E-state index contributed by atoms with van der Waals surface area (Å²) >= 11 is 0. The Labute approximate surface area is 487 Å². The van der Waals surface area contributed by atoms with Crippen LogP contribution in [-0.4, -0.2) is 37.2 Å². The van der Waals surface area contributed by atoms with Crippen molar-refractivity contribution in [2.24, 2.45) is 0 Å². The van der Waals surface area contributed by atoms with Crippen LogP contribution in [0.4, 0.5) is 0 Å². The van der Waals surface area contributed by atoms with E-state index in [1.54, 1.807) is 0 Å². The van der Waals surface area contributed by atoms with Crippen molar-refractivity contribution in [3.8, 4) is 0 Å². The standard InChI is InChI=1S/C73H118O6/c1-4-7-10-13-16-19-22-25-28-30-31-32-33-34-35-36-37-38-39-40-41-43-45-48-51-54-57-60-63-66-72(75)78-69-70(68-77-71(74)65-62-59-56-53-50-47-44-27-24-21-18-15-12-9-6-3)79-73(76)67-64-61-58-55-52-49-46-42-29-26-23-20-17-14-11-8-5-2/h7-8,10-11,16-17,19-20,25-26,28-29,31-32,34-35,37-38,40-41,45,48,54,57,70H,4-6,9,12-15,18,21-24,27,30,33,36,39,42-44,46-47,49-53,55-56,58-69H2,1-3H3/b10-7-,11-8-,19-16-,20-17-,28-25-,29-26-,32-31-,35-34-,38-37-,41-40-,48-45-,57-54-.